The van der Waals surface area contributed by atoms with Crippen LogP contribution in [0.15, 0.2) is 39.0 Å². The molecule has 2 aromatic rings. The van der Waals surface area contributed by atoms with E-state index in [9.17, 15) is 8.42 Å². The van der Waals surface area contributed by atoms with Crippen LogP contribution in [0, 0.1) is 0 Å². The molecular weight excluding hydrogens is 374 g/mol. The summed E-state index contributed by atoms with van der Waals surface area (Å²) in [6.07, 6.45) is 0.956. The fraction of sp³-hybridized carbons (Fsp3) is 0.286. The van der Waals surface area contributed by atoms with Crippen LogP contribution < -0.4 is 4.72 Å². The summed E-state index contributed by atoms with van der Waals surface area (Å²) in [6.45, 7) is 2.14. The molecule has 0 aliphatic rings. The Hall–Kier alpha value is -0.730. The summed E-state index contributed by atoms with van der Waals surface area (Å²) in [5.41, 5.74) is 2.12. The minimum atomic E-state index is -3.59. The summed E-state index contributed by atoms with van der Waals surface area (Å²) in [5, 5.41) is 9.07. The molecule has 0 saturated carbocycles. The highest BCUT2D eigenvalue weighted by Gasteiger charge is 2.20. The van der Waals surface area contributed by atoms with Crippen molar-refractivity contribution in [2.24, 2.45) is 0 Å². The molecule has 0 radical (unpaired) electrons. The van der Waals surface area contributed by atoms with Crippen molar-refractivity contribution in [2.75, 3.05) is 0 Å². The molecule has 1 aromatic carbocycles. The Morgan fingerprint density at radius 2 is 1.86 bits per heavy atom. The number of sulfonamides is 1. The molecule has 0 atom stereocenters. The van der Waals surface area contributed by atoms with Gasteiger partial charge in [-0.2, -0.15) is 0 Å². The van der Waals surface area contributed by atoms with Gasteiger partial charge in [0, 0.05) is 11.4 Å². The van der Waals surface area contributed by atoms with Crippen molar-refractivity contribution in [3.05, 3.63) is 50.1 Å². The number of aliphatic hydroxyl groups excluding tert-OH is 1. The van der Waals surface area contributed by atoms with Crippen molar-refractivity contribution in [1.82, 2.24) is 4.72 Å². The van der Waals surface area contributed by atoms with Crippen molar-refractivity contribution >= 4 is 37.3 Å². The van der Waals surface area contributed by atoms with Gasteiger partial charge in [0.25, 0.3) is 0 Å². The zero-order valence-electron chi connectivity index (χ0n) is 11.5. The second kappa shape index (κ2) is 7.02. The summed E-state index contributed by atoms with van der Waals surface area (Å²) in [5.74, 6) is 0. The number of nitrogens with one attached hydrogen (secondary N) is 1. The Bertz CT molecular complexity index is 708. The molecule has 0 aliphatic carbocycles. The number of hydrogen-bond acceptors (Lipinski definition) is 4. The summed E-state index contributed by atoms with van der Waals surface area (Å²) in [4.78, 5) is 0.774. The van der Waals surface area contributed by atoms with Crippen molar-refractivity contribution < 1.29 is 13.5 Å². The highest BCUT2D eigenvalue weighted by atomic mass is 79.9. The highest BCUT2D eigenvalue weighted by Crippen LogP contribution is 2.31. The average molecular weight is 390 g/mol. The van der Waals surface area contributed by atoms with Gasteiger partial charge >= 0.3 is 0 Å². The Labute approximate surface area is 137 Å². The Morgan fingerprint density at radius 3 is 2.38 bits per heavy atom. The fourth-order valence-corrected chi connectivity index (χ4v) is 5.37. The number of halogens is 1. The molecule has 0 unspecified atom stereocenters. The zero-order valence-corrected chi connectivity index (χ0v) is 14.7. The maximum atomic E-state index is 12.3. The number of benzene rings is 1. The van der Waals surface area contributed by atoms with Gasteiger partial charge in [-0.25, -0.2) is 13.1 Å². The normalized spacial score (nSPS) is 11.8. The smallest absolute Gasteiger partial charge is 0.242 e. The van der Waals surface area contributed by atoms with E-state index in [1.165, 1.54) is 23.0 Å². The number of aliphatic hydroxyl groups is 1. The van der Waals surface area contributed by atoms with E-state index in [2.05, 4.69) is 27.6 Å². The molecule has 0 aliphatic heterocycles. The molecule has 2 rings (SSSR count). The lowest BCUT2D eigenvalue weighted by atomic mass is 10.1. The molecule has 114 valence electrons. The van der Waals surface area contributed by atoms with E-state index in [0.717, 1.165) is 12.0 Å². The maximum absolute atomic E-state index is 12.3. The third-order valence-corrected chi connectivity index (χ3v) is 6.69. The first-order chi connectivity index (χ1) is 9.96. The number of thiophene rings is 1. The van der Waals surface area contributed by atoms with Crippen molar-refractivity contribution in [2.45, 2.75) is 31.4 Å². The largest absolute Gasteiger partial charge is 0.391 e. The molecule has 1 aromatic heterocycles. The topological polar surface area (TPSA) is 66.4 Å². The minimum Gasteiger partial charge on any atom is -0.391 e. The lowest BCUT2D eigenvalue weighted by molar-refractivity contribution is 0.285. The zero-order chi connectivity index (χ0) is 15.5. The second-order valence-electron chi connectivity index (χ2n) is 4.50. The molecular formula is C14H16BrNO3S2. The molecule has 0 saturated heterocycles. The van der Waals surface area contributed by atoms with E-state index in [0.29, 0.717) is 8.66 Å². The molecule has 2 N–H and O–H groups in total. The molecule has 4 nitrogen and oxygen atoms in total. The molecule has 21 heavy (non-hydrogen) atoms. The number of aryl methyl sites for hydroxylation is 1. The predicted molar refractivity (Wildman–Crippen MR) is 87.8 cm³/mol. The van der Waals surface area contributed by atoms with E-state index in [-0.39, 0.29) is 18.0 Å². The van der Waals surface area contributed by atoms with Gasteiger partial charge in [-0.1, -0.05) is 31.2 Å². The lowest BCUT2D eigenvalue weighted by Crippen LogP contribution is -2.23. The molecule has 0 bridgehead atoms. The molecule has 0 spiro atoms. The van der Waals surface area contributed by atoms with E-state index in [1.54, 1.807) is 0 Å². The quantitative estimate of drug-likeness (QED) is 0.797. The molecule has 0 fully saturated rings. The summed E-state index contributed by atoms with van der Waals surface area (Å²) >= 11 is 4.44. The Kier molecular flexibility index (Phi) is 5.56. The van der Waals surface area contributed by atoms with Crippen LogP contribution in [0.25, 0.3) is 0 Å². The van der Waals surface area contributed by atoms with Crippen LogP contribution in [0.1, 0.15) is 22.9 Å². The Morgan fingerprint density at radius 1 is 1.24 bits per heavy atom. The second-order valence-corrected chi connectivity index (χ2v) is 8.69. The van der Waals surface area contributed by atoms with Crippen LogP contribution in [0.2, 0.25) is 0 Å². The lowest BCUT2D eigenvalue weighted by Gasteiger charge is -2.06. The van der Waals surface area contributed by atoms with Gasteiger partial charge in [-0.05, 0) is 39.5 Å². The van der Waals surface area contributed by atoms with Crippen molar-refractivity contribution in [3.63, 3.8) is 0 Å². The van der Waals surface area contributed by atoms with E-state index >= 15 is 0 Å². The van der Waals surface area contributed by atoms with E-state index < -0.39 is 10.0 Å². The van der Waals surface area contributed by atoms with Crippen LogP contribution in [-0.4, -0.2) is 13.5 Å². The van der Waals surface area contributed by atoms with Crippen LogP contribution in [-0.2, 0) is 29.6 Å². The van der Waals surface area contributed by atoms with Gasteiger partial charge in [0.15, 0.2) is 0 Å². The predicted octanol–water partition coefficient (Wildman–Crippen LogP) is 3.04. The number of hydrogen-bond donors (Lipinski definition) is 2. The monoisotopic (exact) mass is 389 g/mol. The minimum absolute atomic E-state index is 0.168. The van der Waals surface area contributed by atoms with Crippen LogP contribution in [0.3, 0.4) is 0 Å². The van der Waals surface area contributed by atoms with Crippen molar-refractivity contribution in [3.8, 4) is 0 Å². The van der Waals surface area contributed by atoms with Gasteiger partial charge in [-0.15, -0.1) is 11.3 Å². The number of rotatable bonds is 6. The summed E-state index contributed by atoms with van der Waals surface area (Å²) < 4.78 is 27.6. The first-order valence-electron chi connectivity index (χ1n) is 6.43. The van der Waals surface area contributed by atoms with Crippen LogP contribution >= 0.6 is 27.3 Å². The third-order valence-electron chi connectivity index (χ3n) is 3.05. The highest BCUT2D eigenvalue weighted by molar-refractivity contribution is 9.11. The molecule has 7 heteroatoms. The summed E-state index contributed by atoms with van der Waals surface area (Å²) in [6, 6.07) is 9.31. The van der Waals surface area contributed by atoms with Crippen molar-refractivity contribution in [1.29, 1.82) is 0 Å². The third kappa shape index (κ3) is 4.14. The Balaban J connectivity index is 2.11. The van der Waals surface area contributed by atoms with Gasteiger partial charge < -0.3 is 5.11 Å². The van der Waals surface area contributed by atoms with Gasteiger partial charge in [0.2, 0.25) is 10.0 Å². The van der Waals surface area contributed by atoms with Gasteiger partial charge in [0.05, 0.1) is 10.4 Å². The van der Waals surface area contributed by atoms with Gasteiger partial charge in [0.1, 0.15) is 4.90 Å². The van der Waals surface area contributed by atoms with E-state index in [1.807, 2.05) is 24.3 Å². The average Bonchev–Trinajstić information content (AvgIpc) is 2.88. The SMILES string of the molecule is CCc1ccc(CNS(=O)(=O)c2cc(CO)sc2Br)cc1. The van der Waals surface area contributed by atoms with Crippen LogP contribution in [0.4, 0.5) is 0 Å². The standard InChI is InChI=1S/C14H16BrNO3S2/c1-2-10-3-5-11(6-4-10)8-16-21(18,19)13-7-12(9-17)20-14(13)15/h3-7,16-17H,2,8-9H2,1H3. The fourth-order valence-electron chi connectivity index (χ4n) is 1.81. The van der Waals surface area contributed by atoms with E-state index in [4.69, 9.17) is 5.11 Å². The maximum Gasteiger partial charge on any atom is 0.242 e. The first-order valence-corrected chi connectivity index (χ1v) is 9.52. The van der Waals surface area contributed by atoms with Gasteiger partial charge in [-0.3, -0.25) is 0 Å². The summed E-state index contributed by atoms with van der Waals surface area (Å²) in [7, 11) is -3.59. The van der Waals surface area contributed by atoms with Crippen LogP contribution in [0.5, 0.6) is 0 Å². The molecule has 0 amide bonds. The molecule has 1 heterocycles. The first kappa shape index (κ1) is 16.6.